The molecule has 0 saturated heterocycles. The van der Waals surface area contributed by atoms with Crippen molar-refractivity contribution in [3.05, 3.63) is 170 Å². The van der Waals surface area contributed by atoms with Gasteiger partial charge < -0.3 is 13.6 Å². The highest BCUT2D eigenvalue weighted by atomic mass is 32.1. The van der Waals surface area contributed by atoms with Crippen LogP contribution in [0.4, 0.5) is 0 Å². The van der Waals surface area contributed by atoms with Crippen molar-refractivity contribution in [1.29, 1.82) is 0 Å². The molecule has 0 fully saturated rings. The molecule has 0 N–H and O–H groups in total. The lowest BCUT2D eigenvalue weighted by Crippen LogP contribution is -1.96. The zero-order valence-corrected chi connectivity index (χ0v) is 28.7. The van der Waals surface area contributed by atoms with Gasteiger partial charge in [-0.05, 0) is 72.3 Å². The molecular weight excluding hydrogens is 653 g/mol. The van der Waals surface area contributed by atoms with Crippen LogP contribution >= 0.6 is 11.3 Å². The van der Waals surface area contributed by atoms with Crippen LogP contribution < -0.4 is 0 Å². The monoisotopic (exact) mass is 680 g/mol. The first kappa shape index (κ1) is 28.1. The van der Waals surface area contributed by atoms with Crippen LogP contribution in [0.15, 0.2) is 174 Å². The van der Waals surface area contributed by atoms with Crippen LogP contribution in [0, 0.1) is 0 Å². The molecule has 0 bridgehead atoms. The lowest BCUT2D eigenvalue weighted by atomic mass is 9.97. The Labute approximate surface area is 301 Å². The third-order valence-electron chi connectivity index (χ3n) is 10.9. The molecule has 0 atom stereocenters. The second-order valence-corrected chi connectivity index (χ2v) is 14.7. The second kappa shape index (κ2) is 10.5. The number of rotatable bonds is 3. The van der Waals surface area contributed by atoms with Gasteiger partial charge in [-0.2, -0.15) is 0 Å². The molecule has 8 aromatic carbocycles. The van der Waals surface area contributed by atoms with Crippen LogP contribution in [0.25, 0.3) is 108 Å². The van der Waals surface area contributed by atoms with Gasteiger partial charge in [-0.25, -0.2) is 0 Å². The third-order valence-corrected chi connectivity index (χ3v) is 12.1. The Hall–Kier alpha value is -6.62. The van der Waals surface area contributed by atoms with Gasteiger partial charge in [0.15, 0.2) is 0 Å². The maximum absolute atomic E-state index is 6.22. The molecule has 0 aliphatic heterocycles. The first-order valence-electron chi connectivity index (χ1n) is 17.7. The van der Waals surface area contributed by atoms with Crippen LogP contribution in [0.5, 0.6) is 0 Å². The summed E-state index contributed by atoms with van der Waals surface area (Å²) in [6.07, 6.45) is 0. The maximum Gasteiger partial charge on any atom is 0.135 e. The molecule has 3 nitrogen and oxygen atoms in total. The van der Waals surface area contributed by atoms with E-state index in [1.165, 1.54) is 80.6 Å². The molecule has 4 aromatic heterocycles. The van der Waals surface area contributed by atoms with Gasteiger partial charge in [0, 0.05) is 69.4 Å². The van der Waals surface area contributed by atoms with Gasteiger partial charge in [0.05, 0.1) is 22.1 Å². The fourth-order valence-corrected chi connectivity index (χ4v) is 9.82. The SMILES string of the molecule is c1ccc2c(c1)oc1ccc(-n3c4ccccc4c4c(-c5cccc6c7ccccc7n(-c7ccc8sc9ccccc9c8c7)c56)cccc43)cc12. The van der Waals surface area contributed by atoms with E-state index < -0.39 is 0 Å². The molecule has 4 heterocycles. The van der Waals surface area contributed by atoms with E-state index in [4.69, 9.17) is 4.42 Å². The number of benzene rings is 8. The molecule has 0 unspecified atom stereocenters. The number of hydrogen-bond donors (Lipinski definition) is 0. The predicted molar refractivity (Wildman–Crippen MR) is 221 cm³/mol. The summed E-state index contributed by atoms with van der Waals surface area (Å²) >= 11 is 1.86. The Morgan fingerprint density at radius 1 is 0.365 bits per heavy atom. The molecule has 0 spiro atoms. The number of fused-ring (bicyclic) bond motifs is 12. The molecule has 0 saturated carbocycles. The minimum absolute atomic E-state index is 0.902. The zero-order valence-electron chi connectivity index (χ0n) is 27.9. The number of aromatic nitrogens is 2. The summed E-state index contributed by atoms with van der Waals surface area (Å²) in [5, 5.41) is 9.86. The van der Waals surface area contributed by atoms with E-state index in [2.05, 4.69) is 167 Å². The average Bonchev–Trinajstić information content (AvgIpc) is 3.95. The Kier molecular flexibility index (Phi) is 5.65. The smallest absolute Gasteiger partial charge is 0.135 e. The molecule has 52 heavy (non-hydrogen) atoms. The highest BCUT2D eigenvalue weighted by Gasteiger charge is 2.21. The van der Waals surface area contributed by atoms with E-state index in [0.29, 0.717) is 0 Å². The van der Waals surface area contributed by atoms with Crippen molar-refractivity contribution in [2.45, 2.75) is 0 Å². The Bertz CT molecular complexity index is 3430. The fourth-order valence-electron chi connectivity index (χ4n) is 8.73. The molecule has 0 amide bonds. The summed E-state index contributed by atoms with van der Waals surface area (Å²) in [6, 6.07) is 61.9. The molecule has 242 valence electrons. The van der Waals surface area contributed by atoms with Gasteiger partial charge in [-0.3, -0.25) is 0 Å². The van der Waals surface area contributed by atoms with Crippen molar-refractivity contribution in [3.8, 4) is 22.5 Å². The van der Waals surface area contributed by atoms with Crippen LogP contribution in [0.2, 0.25) is 0 Å². The van der Waals surface area contributed by atoms with Crippen molar-refractivity contribution >= 4 is 97.1 Å². The van der Waals surface area contributed by atoms with E-state index in [0.717, 1.165) is 27.6 Å². The van der Waals surface area contributed by atoms with Crippen LogP contribution in [0.3, 0.4) is 0 Å². The highest BCUT2D eigenvalue weighted by molar-refractivity contribution is 7.25. The van der Waals surface area contributed by atoms with Crippen LogP contribution in [-0.4, -0.2) is 9.13 Å². The van der Waals surface area contributed by atoms with E-state index in [1.807, 2.05) is 23.5 Å². The van der Waals surface area contributed by atoms with E-state index in [9.17, 15) is 0 Å². The summed E-state index contributed by atoms with van der Waals surface area (Å²) < 4.78 is 13.8. The molecule has 12 aromatic rings. The predicted octanol–water partition coefficient (Wildman–Crippen LogP) is 13.8. The van der Waals surface area contributed by atoms with Crippen molar-refractivity contribution in [2.75, 3.05) is 0 Å². The molecule has 0 radical (unpaired) electrons. The van der Waals surface area contributed by atoms with Crippen LogP contribution in [0.1, 0.15) is 0 Å². The minimum Gasteiger partial charge on any atom is -0.456 e. The van der Waals surface area contributed by atoms with Crippen LogP contribution in [-0.2, 0) is 0 Å². The lowest BCUT2D eigenvalue weighted by molar-refractivity contribution is 0.669. The molecular formula is C48H28N2OS. The fraction of sp³-hybridized carbons (Fsp3) is 0. The van der Waals surface area contributed by atoms with Crippen molar-refractivity contribution in [3.63, 3.8) is 0 Å². The average molecular weight is 681 g/mol. The van der Waals surface area contributed by atoms with Crippen molar-refractivity contribution in [1.82, 2.24) is 9.13 Å². The molecule has 12 rings (SSSR count). The summed E-state index contributed by atoms with van der Waals surface area (Å²) in [5.74, 6) is 0. The largest absolute Gasteiger partial charge is 0.456 e. The number of nitrogens with zero attached hydrogens (tertiary/aromatic N) is 2. The first-order chi connectivity index (χ1) is 25.8. The minimum atomic E-state index is 0.902. The van der Waals surface area contributed by atoms with Crippen molar-refractivity contribution in [2.24, 2.45) is 0 Å². The Balaban J connectivity index is 1.17. The van der Waals surface area contributed by atoms with Gasteiger partial charge in [-0.1, -0.05) is 103 Å². The summed E-state index contributed by atoms with van der Waals surface area (Å²) in [6.45, 7) is 0. The Morgan fingerprint density at radius 3 is 1.87 bits per heavy atom. The van der Waals surface area contributed by atoms with E-state index in [-0.39, 0.29) is 0 Å². The molecule has 4 heteroatoms. The van der Waals surface area contributed by atoms with Gasteiger partial charge in [0.25, 0.3) is 0 Å². The zero-order chi connectivity index (χ0) is 33.9. The summed E-state index contributed by atoms with van der Waals surface area (Å²) in [5.41, 5.74) is 11.3. The quantitative estimate of drug-likeness (QED) is 0.182. The van der Waals surface area contributed by atoms with Gasteiger partial charge in [0.2, 0.25) is 0 Å². The van der Waals surface area contributed by atoms with E-state index >= 15 is 0 Å². The van der Waals surface area contributed by atoms with Gasteiger partial charge >= 0.3 is 0 Å². The Morgan fingerprint density at radius 2 is 0.962 bits per heavy atom. The molecule has 0 aliphatic rings. The van der Waals surface area contributed by atoms with E-state index in [1.54, 1.807) is 0 Å². The number of para-hydroxylation sites is 4. The first-order valence-corrected chi connectivity index (χ1v) is 18.5. The number of furan rings is 1. The summed E-state index contributed by atoms with van der Waals surface area (Å²) in [4.78, 5) is 0. The lowest BCUT2D eigenvalue weighted by Gasteiger charge is -2.13. The molecule has 0 aliphatic carbocycles. The topological polar surface area (TPSA) is 23.0 Å². The highest BCUT2D eigenvalue weighted by Crippen LogP contribution is 2.45. The number of thiophene rings is 1. The number of hydrogen-bond acceptors (Lipinski definition) is 2. The maximum atomic E-state index is 6.22. The summed E-state index contributed by atoms with van der Waals surface area (Å²) in [7, 11) is 0. The standard InChI is InChI=1S/C48H28N2OS/c1-5-18-40-31(11-1)35-16-9-17-36(48(35)50(40)30-24-26-46-39(28-30)33-13-4-8-22-45(33)52-46)34-15-10-20-42-47(34)37-14-2-6-19-41(37)49(42)29-23-25-44-38(27-29)32-12-3-7-21-43(32)51-44/h1-28H. The van der Waals surface area contributed by atoms with Gasteiger partial charge in [0.1, 0.15) is 11.2 Å². The normalized spacial score (nSPS) is 12.2. The second-order valence-electron chi connectivity index (χ2n) is 13.7. The van der Waals surface area contributed by atoms with Crippen molar-refractivity contribution < 1.29 is 4.42 Å². The third kappa shape index (κ3) is 3.79. The van der Waals surface area contributed by atoms with Gasteiger partial charge in [-0.15, -0.1) is 11.3 Å².